The zero-order valence-electron chi connectivity index (χ0n) is 17.3. The summed E-state index contributed by atoms with van der Waals surface area (Å²) in [7, 11) is 0. The molecule has 4 nitrogen and oxygen atoms in total. The fraction of sp³-hybridized carbons (Fsp3) is 0.269. The van der Waals surface area contributed by atoms with Crippen molar-refractivity contribution in [3.63, 3.8) is 0 Å². The van der Waals surface area contributed by atoms with Crippen LogP contribution in [-0.2, 0) is 11.4 Å². The number of carboxylic acid groups (broad SMARTS) is 1. The summed E-state index contributed by atoms with van der Waals surface area (Å²) in [4.78, 5) is 13.8. The first-order chi connectivity index (χ1) is 15.1. The van der Waals surface area contributed by atoms with Crippen molar-refractivity contribution in [2.24, 2.45) is 5.92 Å². The number of halogens is 1. The van der Waals surface area contributed by atoms with E-state index in [0.29, 0.717) is 19.4 Å². The standard InChI is InChI=1S/C26H26BrNO3/c27-22-10-6-9-21(17-22)25(28-15-13-20(14-16-28)26(29)30)23-11-4-5-12-24(23)31-18-19-7-2-1-3-8-19/h1-12,17,20,25H,13-16,18H2,(H,29,30). The lowest BCUT2D eigenvalue weighted by Gasteiger charge is -2.37. The smallest absolute Gasteiger partial charge is 0.306 e. The van der Waals surface area contributed by atoms with Crippen LogP contribution in [0.4, 0.5) is 0 Å². The molecule has 0 radical (unpaired) electrons. The van der Waals surface area contributed by atoms with E-state index in [1.165, 1.54) is 5.56 Å². The van der Waals surface area contributed by atoms with E-state index >= 15 is 0 Å². The number of likely N-dealkylation sites (tertiary alicyclic amines) is 1. The molecular formula is C26H26BrNO3. The van der Waals surface area contributed by atoms with Gasteiger partial charge in [-0.2, -0.15) is 0 Å². The Kier molecular flexibility index (Phi) is 7.05. The normalized spacial score (nSPS) is 16.0. The quantitative estimate of drug-likeness (QED) is 0.457. The van der Waals surface area contributed by atoms with E-state index in [2.05, 4.69) is 51.2 Å². The molecule has 1 saturated heterocycles. The summed E-state index contributed by atoms with van der Waals surface area (Å²) in [6.45, 7) is 1.98. The van der Waals surface area contributed by atoms with Gasteiger partial charge in [0.05, 0.1) is 12.0 Å². The summed E-state index contributed by atoms with van der Waals surface area (Å²) >= 11 is 3.61. The van der Waals surface area contributed by atoms with Crippen molar-refractivity contribution in [2.75, 3.05) is 13.1 Å². The SMILES string of the molecule is O=C(O)C1CCN(C(c2cccc(Br)c2)c2ccccc2OCc2ccccc2)CC1. The van der Waals surface area contributed by atoms with Crippen LogP contribution in [0.2, 0.25) is 0 Å². The van der Waals surface area contributed by atoms with Gasteiger partial charge in [-0.3, -0.25) is 9.69 Å². The van der Waals surface area contributed by atoms with Crippen molar-refractivity contribution < 1.29 is 14.6 Å². The van der Waals surface area contributed by atoms with E-state index in [1.54, 1.807) is 0 Å². The van der Waals surface area contributed by atoms with Gasteiger partial charge in [-0.05, 0) is 55.3 Å². The second-order valence-corrected chi connectivity index (χ2v) is 8.83. The highest BCUT2D eigenvalue weighted by Crippen LogP contribution is 2.38. The second-order valence-electron chi connectivity index (χ2n) is 7.92. The molecule has 1 heterocycles. The van der Waals surface area contributed by atoms with Crippen LogP contribution in [0.1, 0.15) is 35.6 Å². The van der Waals surface area contributed by atoms with Crippen molar-refractivity contribution >= 4 is 21.9 Å². The molecule has 3 aromatic carbocycles. The van der Waals surface area contributed by atoms with Crippen LogP contribution >= 0.6 is 15.9 Å². The Bertz CT molecular complexity index is 1020. The van der Waals surface area contributed by atoms with Gasteiger partial charge in [-0.1, -0.05) is 76.6 Å². The second kappa shape index (κ2) is 10.1. The van der Waals surface area contributed by atoms with Crippen LogP contribution in [0.3, 0.4) is 0 Å². The lowest BCUT2D eigenvalue weighted by molar-refractivity contribution is -0.143. The maximum Gasteiger partial charge on any atom is 0.306 e. The summed E-state index contributed by atoms with van der Waals surface area (Å²) in [5.74, 6) is -0.0917. The third-order valence-electron chi connectivity index (χ3n) is 5.86. The number of ether oxygens (including phenoxy) is 1. The first-order valence-electron chi connectivity index (χ1n) is 10.6. The number of nitrogens with zero attached hydrogens (tertiary/aromatic N) is 1. The van der Waals surface area contributed by atoms with Gasteiger partial charge in [0.25, 0.3) is 0 Å². The lowest BCUT2D eigenvalue weighted by Crippen LogP contribution is -2.39. The van der Waals surface area contributed by atoms with E-state index in [0.717, 1.165) is 34.4 Å². The predicted octanol–water partition coefficient (Wildman–Crippen LogP) is 5.91. The molecule has 0 saturated carbocycles. The van der Waals surface area contributed by atoms with Crippen molar-refractivity contribution in [2.45, 2.75) is 25.5 Å². The van der Waals surface area contributed by atoms with Gasteiger partial charge in [0, 0.05) is 10.0 Å². The van der Waals surface area contributed by atoms with Crippen molar-refractivity contribution in [3.05, 3.63) is 100 Å². The maximum atomic E-state index is 11.4. The molecule has 160 valence electrons. The van der Waals surface area contributed by atoms with E-state index < -0.39 is 5.97 Å². The van der Waals surface area contributed by atoms with Crippen LogP contribution in [-0.4, -0.2) is 29.1 Å². The zero-order valence-corrected chi connectivity index (χ0v) is 18.9. The molecule has 1 atom stereocenters. The number of benzene rings is 3. The number of hydrogen-bond acceptors (Lipinski definition) is 3. The van der Waals surface area contributed by atoms with Gasteiger partial charge in [0.1, 0.15) is 12.4 Å². The highest BCUT2D eigenvalue weighted by molar-refractivity contribution is 9.10. The molecule has 5 heteroatoms. The molecule has 3 aromatic rings. The van der Waals surface area contributed by atoms with Gasteiger partial charge in [0.15, 0.2) is 0 Å². The monoisotopic (exact) mass is 479 g/mol. The average molecular weight is 480 g/mol. The van der Waals surface area contributed by atoms with Gasteiger partial charge in [0.2, 0.25) is 0 Å². The van der Waals surface area contributed by atoms with Crippen molar-refractivity contribution in [3.8, 4) is 5.75 Å². The van der Waals surface area contributed by atoms with Crippen molar-refractivity contribution in [1.29, 1.82) is 0 Å². The molecule has 1 aliphatic heterocycles. The van der Waals surface area contributed by atoms with E-state index in [4.69, 9.17) is 4.74 Å². The number of hydrogen-bond donors (Lipinski definition) is 1. The lowest BCUT2D eigenvalue weighted by atomic mass is 9.91. The highest BCUT2D eigenvalue weighted by atomic mass is 79.9. The largest absolute Gasteiger partial charge is 0.489 e. The molecule has 0 spiro atoms. The predicted molar refractivity (Wildman–Crippen MR) is 125 cm³/mol. The van der Waals surface area contributed by atoms with E-state index in [9.17, 15) is 9.90 Å². The highest BCUT2D eigenvalue weighted by Gasteiger charge is 2.31. The molecule has 1 N–H and O–H groups in total. The topological polar surface area (TPSA) is 49.8 Å². The number of para-hydroxylation sites is 1. The van der Waals surface area contributed by atoms with Gasteiger partial charge >= 0.3 is 5.97 Å². The average Bonchev–Trinajstić information content (AvgIpc) is 2.80. The number of carboxylic acids is 1. The third-order valence-corrected chi connectivity index (χ3v) is 6.35. The molecule has 1 unspecified atom stereocenters. The van der Waals surface area contributed by atoms with Crippen LogP contribution in [0.15, 0.2) is 83.3 Å². The molecule has 1 fully saturated rings. The molecule has 0 aliphatic carbocycles. The van der Waals surface area contributed by atoms with Crippen molar-refractivity contribution in [1.82, 2.24) is 4.90 Å². The first kappa shape index (κ1) is 21.6. The Labute approximate surface area is 191 Å². The number of aliphatic carboxylic acids is 1. The fourth-order valence-corrected chi connectivity index (χ4v) is 4.66. The number of rotatable bonds is 7. The van der Waals surface area contributed by atoms with Crippen LogP contribution in [0.25, 0.3) is 0 Å². The first-order valence-corrected chi connectivity index (χ1v) is 11.4. The summed E-state index contributed by atoms with van der Waals surface area (Å²) < 4.78 is 7.30. The molecular weight excluding hydrogens is 454 g/mol. The molecule has 31 heavy (non-hydrogen) atoms. The Hall–Kier alpha value is -2.63. The van der Waals surface area contributed by atoms with Gasteiger partial charge < -0.3 is 9.84 Å². The third kappa shape index (κ3) is 5.35. The number of carbonyl (C=O) groups is 1. The minimum atomic E-state index is -0.690. The minimum absolute atomic E-state index is 0.000724. The Morgan fingerprint density at radius 1 is 1.00 bits per heavy atom. The van der Waals surface area contributed by atoms with Crippen LogP contribution < -0.4 is 4.74 Å². The van der Waals surface area contributed by atoms with Crippen LogP contribution in [0, 0.1) is 5.92 Å². The van der Waals surface area contributed by atoms with Gasteiger partial charge in [-0.15, -0.1) is 0 Å². The maximum absolute atomic E-state index is 11.4. The molecule has 0 bridgehead atoms. The van der Waals surface area contributed by atoms with Gasteiger partial charge in [-0.25, -0.2) is 0 Å². The summed E-state index contributed by atoms with van der Waals surface area (Å²) in [5.41, 5.74) is 3.39. The molecule has 0 aromatic heterocycles. The Balaban J connectivity index is 1.65. The minimum Gasteiger partial charge on any atom is -0.489 e. The summed E-state index contributed by atoms with van der Waals surface area (Å²) in [5, 5.41) is 9.41. The van der Waals surface area contributed by atoms with E-state index in [-0.39, 0.29) is 12.0 Å². The Morgan fingerprint density at radius 2 is 1.71 bits per heavy atom. The molecule has 0 amide bonds. The summed E-state index contributed by atoms with van der Waals surface area (Å²) in [6, 6.07) is 26.7. The van der Waals surface area contributed by atoms with Crippen LogP contribution in [0.5, 0.6) is 5.75 Å². The number of piperidine rings is 1. The summed E-state index contributed by atoms with van der Waals surface area (Å²) in [6.07, 6.45) is 1.32. The Morgan fingerprint density at radius 3 is 2.42 bits per heavy atom. The molecule has 4 rings (SSSR count). The zero-order chi connectivity index (χ0) is 21.6. The fourth-order valence-electron chi connectivity index (χ4n) is 4.24. The van der Waals surface area contributed by atoms with E-state index in [1.807, 2.05) is 48.5 Å². The molecule has 1 aliphatic rings.